The summed E-state index contributed by atoms with van der Waals surface area (Å²) in [5, 5.41) is 6.08. The lowest BCUT2D eigenvalue weighted by Crippen LogP contribution is -2.40. The van der Waals surface area contributed by atoms with Crippen LogP contribution in [0, 0.1) is 6.92 Å². The first-order chi connectivity index (χ1) is 16.8. The van der Waals surface area contributed by atoms with Crippen molar-refractivity contribution in [3.05, 3.63) is 75.8 Å². The van der Waals surface area contributed by atoms with Gasteiger partial charge in [0.05, 0.1) is 29.5 Å². The van der Waals surface area contributed by atoms with E-state index in [4.69, 9.17) is 21.1 Å². The number of fused-ring (bicyclic) bond motifs is 1. The van der Waals surface area contributed by atoms with Crippen molar-refractivity contribution in [1.29, 1.82) is 0 Å². The fraction of sp³-hybridized carbons (Fsp3) is 0.250. The Balaban J connectivity index is 1.33. The summed E-state index contributed by atoms with van der Waals surface area (Å²) in [6, 6.07) is 15.6. The molecule has 0 atom stereocenters. The lowest BCUT2D eigenvalue weighted by molar-refractivity contribution is 0.0478. The molecule has 2 aromatic carbocycles. The number of rotatable bonds is 6. The van der Waals surface area contributed by atoms with Gasteiger partial charge in [-0.05, 0) is 55.0 Å². The van der Waals surface area contributed by atoms with Crippen LogP contribution < -0.4 is 0 Å². The number of benzene rings is 2. The maximum atomic E-state index is 12.9. The zero-order chi connectivity index (χ0) is 24.6. The first-order valence-electron chi connectivity index (χ1n) is 10.9. The number of carbonyl (C=O) groups excluding carboxylic acids is 1. The van der Waals surface area contributed by atoms with Crippen LogP contribution in [0.1, 0.15) is 20.9 Å². The van der Waals surface area contributed by atoms with Crippen LogP contribution in [0.4, 0.5) is 0 Å². The van der Waals surface area contributed by atoms with Crippen LogP contribution in [0.15, 0.2) is 59.5 Å². The normalized spacial score (nSPS) is 14.9. The molecule has 5 rings (SSSR count). The molecule has 11 heteroatoms. The van der Waals surface area contributed by atoms with E-state index in [0.717, 1.165) is 21.6 Å². The summed E-state index contributed by atoms with van der Waals surface area (Å²) >= 11 is 7.29. The summed E-state index contributed by atoms with van der Waals surface area (Å²) < 4.78 is 39.8. The highest BCUT2D eigenvalue weighted by Crippen LogP contribution is 2.31. The topological polar surface area (TPSA) is 90.7 Å². The molecule has 4 aromatic rings. The number of morpholine rings is 1. The average molecular weight is 532 g/mol. The van der Waals surface area contributed by atoms with E-state index in [9.17, 15) is 13.2 Å². The molecule has 35 heavy (non-hydrogen) atoms. The Morgan fingerprint density at radius 1 is 1.14 bits per heavy atom. The molecule has 2 aromatic heterocycles. The molecule has 0 saturated carbocycles. The summed E-state index contributed by atoms with van der Waals surface area (Å²) in [6.07, 6.45) is 0. The van der Waals surface area contributed by atoms with Gasteiger partial charge >= 0.3 is 5.97 Å². The molecule has 1 aliphatic rings. The number of halogens is 1. The van der Waals surface area contributed by atoms with Crippen molar-refractivity contribution in [2.24, 2.45) is 0 Å². The number of hydrogen-bond donors (Lipinski definition) is 0. The highest BCUT2D eigenvalue weighted by molar-refractivity contribution is 7.89. The average Bonchev–Trinajstić information content (AvgIpc) is 3.44. The summed E-state index contributed by atoms with van der Waals surface area (Å²) in [7, 11) is -3.63. The second-order valence-electron chi connectivity index (χ2n) is 8.04. The molecule has 0 spiro atoms. The third-order valence-corrected chi connectivity index (χ3v) is 8.93. The van der Waals surface area contributed by atoms with Crippen LogP contribution in [0.25, 0.3) is 15.9 Å². The number of hydrogen-bond acceptors (Lipinski definition) is 7. The van der Waals surface area contributed by atoms with Gasteiger partial charge in [0, 0.05) is 23.5 Å². The number of ether oxygens (including phenoxy) is 2. The summed E-state index contributed by atoms with van der Waals surface area (Å²) in [5.74, 6) is -0.477. The zero-order valence-corrected chi connectivity index (χ0v) is 21.2. The van der Waals surface area contributed by atoms with E-state index in [1.54, 1.807) is 47.1 Å². The van der Waals surface area contributed by atoms with Crippen molar-refractivity contribution in [2.75, 3.05) is 26.3 Å². The highest BCUT2D eigenvalue weighted by Gasteiger charge is 2.26. The molecule has 0 N–H and O–H groups in total. The Labute approximate surface area is 211 Å². The maximum absolute atomic E-state index is 12.9. The van der Waals surface area contributed by atoms with Crippen molar-refractivity contribution in [1.82, 2.24) is 14.1 Å². The van der Waals surface area contributed by atoms with E-state index >= 15 is 0 Å². The molecule has 182 valence electrons. The molecule has 1 saturated heterocycles. The Morgan fingerprint density at radius 2 is 1.89 bits per heavy atom. The molecule has 8 nitrogen and oxygen atoms in total. The maximum Gasteiger partial charge on any atom is 0.348 e. The lowest BCUT2D eigenvalue weighted by Gasteiger charge is -2.26. The van der Waals surface area contributed by atoms with Gasteiger partial charge in [-0.1, -0.05) is 23.7 Å². The van der Waals surface area contributed by atoms with E-state index < -0.39 is 16.0 Å². The minimum absolute atomic E-state index is 0.0398. The molecular weight excluding hydrogens is 510 g/mol. The molecule has 0 aliphatic carbocycles. The van der Waals surface area contributed by atoms with Crippen LogP contribution >= 0.6 is 22.9 Å². The quantitative estimate of drug-likeness (QED) is 0.342. The molecule has 0 amide bonds. The van der Waals surface area contributed by atoms with Crippen molar-refractivity contribution in [2.45, 2.75) is 18.4 Å². The van der Waals surface area contributed by atoms with Crippen molar-refractivity contribution in [3.63, 3.8) is 0 Å². The molecule has 0 bridgehead atoms. The summed E-state index contributed by atoms with van der Waals surface area (Å²) in [6.45, 7) is 3.24. The Kier molecular flexibility index (Phi) is 6.65. The highest BCUT2D eigenvalue weighted by atomic mass is 35.5. The molecule has 1 aliphatic heterocycles. The standard InChI is InChI=1S/C24H22ClN3O5S2/c1-16-21-14-22(34-23(21)28(26-16)19-7-5-18(25)6-8-19)24(29)33-15-17-3-2-4-20(13-17)35(30,31)27-9-11-32-12-10-27/h2-8,13-14H,9-12,15H2,1H3. The monoisotopic (exact) mass is 531 g/mol. The predicted molar refractivity (Wildman–Crippen MR) is 134 cm³/mol. The van der Waals surface area contributed by atoms with Gasteiger partial charge < -0.3 is 9.47 Å². The number of nitrogens with zero attached hydrogens (tertiary/aromatic N) is 3. The van der Waals surface area contributed by atoms with Crippen LogP contribution in [0.2, 0.25) is 5.02 Å². The lowest BCUT2D eigenvalue weighted by atomic mass is 10.2. The van der Waals surface area contributed by atoms with E-state index in [2.05, 4.69) is 5.10 Å². The van der Waals surface area contributed by atoms with Gasteiger partial charge in [0.1, 0.15) is 16.3 Å². The molecule has 0 unspecified atom stereocenters. The largest absolute Gasteiger partial charge is 0.457 e. The van der Waals surface area contributed by atoms with Gasteiger partial charge in [-0.25, -0.2) is 17.9 Å². The first-order valence-corrected chi connectivity index (χ1v) is 13.6. The first kappa shape index (κ1) is 24.0. The SMILES string of the molecule is Cc1nn(-c2ccc(Cl)cc2)c2sc(C(=O)OCc3cccc(S(=O)(=O)N4CCOCC4)c3)cc12. The molecule has 0 radical (unpaired) electrons. The van der Waals surface area contributed by atoms with Crippen molar-refractivity contribution >= 4 is 49.1 Å². The van der Waals surface area contributed by atoms with Crippen LogP contribution in [0.5, 0.6) is 0 Å². The van der Waals surface area contributed by atoms with E-state index in [1.807, 2.05) is 19.1 Å². The number of aryl methyl sites for hydroxylation is 1. The van der Waals surface area contributed by atoms with E-state index in [0.29, 0.717) is 41.8 Å². The van der Waals surface area contributed by atoms with Crippen LogP contribution in [0.3, 0.4) is 0 Å². The number of aromatic nitrogens is 2. The number of sulfonamides is 1. The van der Waals surface area contributed by atoms with Gasteiger partial charge in [-0.3, -0.25) is 0 Å². The van der Waals surface area contributed by atoms with Crippen LogP contribution in [-0.4, -0.2) is 54.8 Å². The second kappa shape index (κ2) is 9.71. The molecule has 1 fully saturated rings. The zero-order valence-electron chi connectivity index (χ0n) is 18.8. The summed E-state index contributed by atoms with van der Waals surface area (Å²) in [5.41, 5.74) is 2.23. The van der Waals surface area contributed by atoms with Gasteiger partial charge in [-0.2, -0.15) is 9.40 Å². The predicted octanol–water partition coefficient (Wildman–Crippen LogP) is 4.43. The third-order valence-electron chi connectivity index (χ3n) is 5.69. The molecular formula is C24H22ClN3O5S2. The molecule has 3 heterocycles. The fourth-order valence-corrected chi connectivity index (χ4v) is 6.54. The van der Waals surface area contributed by atoms with Crippen molar-refractivity contribution < 1.29 is 22.7 Å². The Morgan fingerprint density at radius 3 is 2.63 bits per heavy atom. The van der Waals surface area contributed by atoms with E-state index in [-0.39, 0.29) is 11.5 Å². The van der Waals surface area contributed by atoms with Gasteiger partial charge in [0.25, 0.3) is 0 Å². The van der Waals surface area contributed by atoms with Gasteiger partial charge in [0.15, 0.2) is 0 Å². The minimum atomic E-state index is -3.63. The van der Waals surface area contributed by atoms with Gasteiger partial charge in [-0.15, -0.1) is 11.3 Å². The Bertz CT molecular complexity index is 1490. The van der Waals surface area contributed by atoms with E-state index in [1.165, 1.54) is 15.6 Å². The Hall–Kier alpha value is -2.76. The van der Waals surface area contributed by atoms with Crippen molar-refractivity contribution in [3.8, 4) is 5.69 Å². The number of esters is 1. The number of carbonyl (C=O) groups is 1. The second-order valence-corrected chi connectivity index (χ2v) is 11.4. The minimum Gasteiger partial charge on any atom is -0.457 e. The van der Waals surface area contributed by atoms with Gasteiger partial charge in [0.2, 0.25) is 10.0 Å². The summed E-state index contributed by atoms with van der Waals surface area (Å²) in [4.78, 5) is 14.3. The third kappa shape index (κ3) is 4.85. The smallest absolute Gasteiger partial charge is 0.348 e. The van der Waals surface area contributed by atoms with Crippen LogP contribution in [-0.2, 0) is 26.1 Å². The number of thiophene rings is 1. The fourth-order valence-electron chi connectivity index (χ4n) is 3.86.